The summed E-state index contributed by atoms with van der Waals surface area (Å²) in [6, 6.07) is 0. The zero-order chi connectivity index (χ0) is 13.2. The summed E-state index contributed by atoms with van der Waals surface area (Å²) >= 11 is 0. The summed E-state index contributed by atoms with van der Waals surface area (Å²) in [6.07, 6.45) is 4.88. The van der Waals surface area contributed by atoms with Crippen LogP contribution in [0.1, 0.15) is 39.0 Å². The number of amides is 2. The molecule has 18 heavy (non-hydrogen) atoms. The number of piperidine rings is 1. The first-order valence-electron chi connectivity index (χ1n) is 6.99. The second kappa shape index (κ2) is 8.91. The second-order valence-corrected chi connectivity index (χ2v) is 4.72. The zero-order valence-electron chi connectivity index (χ0n) is 11.3. The number of nitrogens with one attached hydrogen (secondary N) is 2. The molecule has 0 aromatic carbocycles. The van der Waals surface area contributed by atoms with Crippen LogP contribution in [0.15, 0.2) is 0 Å². The normalized spacial score (nSPS) is 15.5. The van der Waals surface area contributed by atoms with Crippen LogP contribution in [-0.4, -0.2) is 49.4 Å². The quantitative estimate of drug-likeness (QED) is 0.651. The van der Waals surface area contributed by atoms with Crippen molar-refractivity contribution < 1.29 is 9.59 Å². The summed E-state index contributed by atoms with van der Waals surface area (Å²) in [5, 5.41) is 5.79. The fourth-order valence-electron chi connectivity index (χ4n) is 2.05. The molecule has 0 aromatic rings. The van der Waals surface area contributed by atoms with E-state index in [4.69, 9.17) is 0 Å². The highest BCUT2D eigenvalue weighted by Crippen LogP contribution is 2.09. The van der Waals surface area contributed by atoms with E-state index in [9.17, 15) is 9.59 Å². The number of rotatable bonds is 7. The summed E-state index contributed by atoms with van der Waals surface area (Å²) in [7, 11) is 0. The van der Waals surface area contributed by atoms with E-state index in [2.05, 4.69) is 17.6 Å². The molecule has 0 spiro atoms. The molecule has 1 saturated heterocycles. The van der Waals surface area contributed by atoms with Gasteiger partial charge in [0.1, 0.15) is 0 Å². The van der Waals surface area contributed by atoms with Gasteiger partial charge in [0.2, 0.25) is 11.8 Å². The number of likely N-dealkylation sites (tertiary alicyclic amines) is 1. The predicted molar refractivity (Wildman–Crippen MR) is 71.2 cm³/mol. The Kier molecular flexibility index (Phi) is 7.41. The Morgan fingerprint density at radius 2 is 1.83 bits per heavy atom. The van der Waals surface area contributed by atoms with Gasteiger partial charge in [0.25, 0.3) is 0 Å². The molecule has 2 N–H and O–H groups in total. The molecule has 104 valence electrons. The summed E-state index contributed by atoms with van der Waals surface area (Å²) in [6.45, 7) is 5.45. The molecule has 5 heteroatoms. The lowest BCUT2D eigenvalue weighted by atomic mass is 10.1. The van der Waals surface area contributed by atoms with E-state index >= 15 is 0 Å². The van der Waals surface area contributed by atoms with Crippen LogP contribution in [0, 0.1) is 0 Å². The first-order valence-corrected chi connectivity index (χ1v) is 6.99. The van der Waals surface area contributed by atoms with Gasteiger partial charge < -0.3 is 15.5 Å². The Balaban J connectivity index is 2.05. The minimum absolute atomic E-state index is 0.0325. The minimum atomic E-state index is -0.0325. The van der Waals surface area contributed by atoms with Crippen LogP contribution >= 0.6 is 0 Å². The predicted octanol–water partition coefficient (Wildman–Crippen LogP) is 0.505. The van der Waals surface area contributed by atoms with Crippen molar-refractivity contribution in [3.8, 4) is 0 Å². The van der Waals surface area contributed by atoms with Gasteiger partial charge in [0.05, 0.1) is 6.54 Å². The lowest BCUT2D eigenvalue weighted by molar-refractivity contribution is -0.132. The number of nitrogens with zero attached hydrogens (tertiary/aromatic N) is 1. The maximum absolute atomic E-state index is 11.8. The molecule has 5 nitrogen and oxygen atoms in total. The van der Waals surface area contributed by atoms with Crippen LogP contribution in [0.2, 0.25) is 0 Å². The Morgan fingerprint density at radius 3 is 2.50 bits per heavy atom. The molecule has 1 aliphatic heterocycles. The molecule has 0 unspecified atom stereocenters. The maximum Gasteiger partial charge on any atom is 0.233 e. The third kappa shape index (κ3) is 6.00. The Labute approximate surface area is 109 Å². The first-order chi connectivity index (χ1) is 8.74. The average Bonchev–Trinajstić information content (AvgIpc) is 2.40. The van der Waals surface area contributed by atoms with Gasteiger partial charge in [-0.3, -0.25) is 9.59 Å². The van der Waals surface area contributed by atoms with Crippen molar-refractivity contribution in [2.24, 2.45) is 0 Å². The maximum atomic E-state index is 11.8. The number of carbonyl (C=O) groups is 2. The smallest absolute Gasteiger partial charge is 0.233 e. The van der Waals surface area contributed by atoms with Crippen LogP contribution in [0.25, 0.3) is 0 Å². The van der Waals surface area contributed by atoms with E-state index in [1.54, 1.807) is 0 Å². The molecule has 1 aliphatic rings. The van der Waals surface area contributed by atoms with Gasteiger partial charge in [-0.2, -0.15) is 0 Å². The largest absolute Gasteiger partial charge is 0.354 e. The Morgan fingerprint density at radius 1 is 1.11 bits per heavy atom. The van der Waals surface area contributed by atoms with E-state index in [-0.39, 0.29) is 11.8 Å². The Bertz CT molecular complexity index is 263. The highest BCUT2D eigenvalue weighted by atomic mass is 16.2. The molecule has 0 aliphatic carbocycles. The fraction of sp³-hybridized carbons (Fsp3) is 0.846. The topological polar surface area (TPSA) is 61.4 Å². The summed E-state index contributed by atoms with van der Waals surface area (Å²) in [4.78, 5) is 25.1. The summed E-state index contributed by atoms with van der Waals surface area (Å²) in [5.41, 5.74) is 0. The lowest BCUT2D eigenvalue weighted by Crippen LogP contribution is -2.39. The van der Waals surface area contributed by atoms with Crippen molar-refractivity contribution >= 4 is 11.8 Å². The number of hydrogen-bond donors (Lipinski definition) is 2. The molecule has 1 fully saturated rings. The SMILES string of the molecule is CCCNCC(=O)NCCC(=O)N1CCCCC1. The molecular weight excluding hydrogens is 230 g/mol. The van der Waals surface area contributed by atoms with Crippen LogP contribution in [0.5, 0.6) is 0 Å². The van der Waals surface area contributed by atoms with Gasteiger partial charge in [0, 0.05) is 26.1 Å². The molecule has 0 saturated carbocycles. The van der Waals surface area contributed by atoms with E-state index in [0.717, 1.165) is 38.9 Å². The van der Waals surface area contributed by atoms with Gasteiger partial charge in [-0.05, 0) is 32.2 Å². The summed E-state index contributed by atoms with van der Waals surface area (Å²) < 4.78 is 0. The monoisotopic (exact) mass is 255 g/mol. The van der Waals surface area contributed by atoms with Crippen LogP contribution in [0.4, 0.5) is 0 Å². The summed E-state index contributed by atoms with van der Waals surface area (Å²) in [5.74, 6) is 0.131. The van der Waals surface area contributed by atoms with Gasteiger partial charge in [-0.15, -0.1) is 0 Å². The van der Waals surface area contributed by atoms with E-state index in [1.165, 1.54) is 6.42 Å². The fourth-order valence-corrected chi connectivity index (χ4v) is 2.05. The van der Waals surface area contributed by atoms with Crippen molar-refractivity contribution in [3.63, 3.8) is 0 Å². The lowest BCUT2D eigenvalue weighted by Gasteiger charge is -2.26. The van der Waals surface area contributed by atoms with E-state index in [1.807, 2.05) is 4.90 Å². The van der Waals surface area contributed by atoms with E-state index in [0.29, 0.717) is 19.5 Å². The molecule has 0 aromatic heterocycles. The van der Waals surface area contributed by atoms with Crippen LogP contribution in [0.3, 0.4) is 0 Å². The van der Waals surface area contributed by atoms with Crippen molar-refractivity contribution in [3.05, 3.63) is 0 Å². The van der Waals surface area contributed by atoms with Gasteiger partial charge in [0.15, 0.2) is 0 Å². The van der Waals surface area contributed by atoms with Crippen LogP contribution in [-0.2, 0) is 9.59 Å². The van der Waals surface area contributed by atoms with Crippen molar-refractivity contribution in [2.75, 3.05) is 32.7 Å². The van der Waals surface area contributed by atoms with Crippen LogP contribution < -0.4 is 10.6 Å². The standard InChI is InChI=1S/C13H25N3O2/c1-2-7-14-11-12(17)15-8-6-13(18)16-9-4-3-5-10-16/h14H,2-11H2,1H3,(H,15,17). The molecule has 0 radical (unpaired) electrons. The third-order valence-electron chi connectivity index (χ3n) is 3.08. The van der Waals surface area contributed by atoms with E-state index < -0.39 is 0 Å². The molecule has 0 atom stereocenters. The van der Waals surface area contributed by atoms with Crippen molar-refractivity contribution in [2.45, 2.75) is 39.0 Å². The van der Waals surface area contributed by atoms with Gasteiger partial charge in [-0.25, -0.2) is 0 Å². The second-order valence-electron chi connectivity index (χ2n) is 4.72. The van der Waals surface area contributed by atoms with Crippen molar-refractivity contribution in [1.29, 1.82) is 0 Å². The molecule has 1 heterocycles. The highest BCUT2D eigenvalue weighted by Gasteiger charge is 2.15. The molecule has 2 amide bonds. The number of hydrogen-bond acceptors (Lipinski definition) is 3. The first kappa shape index (κ1) is 15.0. The van der Waals surface area contributed by atoms with Crippen molar-refractivity contribution in [1.82, 2.24) is 15.5 Å². The molecular formula is C13H25N3O2. The third-order valence-corrected chi connectivity index (χ3v) is 3.08. The number of carbonyl (C=O) groups excluding carboxylic acids is 2. The zero-order valence-corrected chi connectivity index (χ0v) is 11.3. The molecule has 0 bridgehead atoms. The highest BCUT2D eigenvalue weighted by molar-refractivity contribution is 5.80. The molecule has 1 rings (SSSR count). The van der Waals surface area contributed by atoms with Gasteiger partial charge in [-0.1, -0.05) is 6.92 Å². The Hall–Kier alpha value is -1.10. The average molecular weight is 255 g/mol. The minimum Gasteiger partial charge on any atom is -0.354 e. The van der Waals surface area contributed by atoms with Gasteiger partial charge >= 0.3 is 0 Å².